The fourth-order valence-electron chi connectivity index (χ4n) is 0.719. The molecule has 0 aliphatic heterocycles. The van der Waals surface area contributed by atoms with Crippen LogP contribution in [0.1, 0.15) is 15.2 Å². The van der Waals surface area contributed by atoms with Crippen molar-refractivity contribution in [3.8, 4) is 0 Å². The number of hydrogen-bond acceptors (Lipinski definition) is 3. The molecule has 0 atom stereocenters. The number of carboxylic acid groups (broad SMARTS) is 1. The zero-order valence-electron chi connectivity index (χ0n) is 6.80. The molecule has 1 heterocycles. The highest BCUT2D eigenvalue weighted by molar-refractivity contribution is 7.17. The van der Waals surface area contributed by atoms with E-state index in [9.17, 15) is 4.79 Å². The lowest BCUT2D eigenvalue weighted by Gasteiger charge is -1.86. The molecule has 0 aromatic carbocycles. The molecule has 0 radical (unpaired) electrons. The maximum absolute atomic E-state index is 10.4. The molecule has 12 heavy (non-hydrogen) atoms. The topological polar surface area (TPSA) is 63.3 Å². The van der Waals surface area contributed by atoms with Gasteiger partial charge in [0.25, 0.3) is 0 Å². The van der Waals surface area contributed by atoms with Gasteiger partial charge in [0, 0.05) is 6.38 Å². The minimum absolute atomic E-state index is 0.331. The lowest BCUT2D eigenvalue weighted by molar-refractivity contribution is 0.0701. The minimum atomic E-state index is -0.904. The first-order valence-electron chi connectivity index (χ1n) is 3.08. The van der Waals surface area contributed by atoms with E-state index in [1.54, 1.807) is 13.0 Å². The van der Waals surface area contributed by atoms with Crippen molar-refractivity contribution in [2.45, 2.75) is 6.92 Å². The number of aryl methyl sites for hydroxylation is 1. The fourth-order valence-corrected chi connectivity index (χ4v) is 1.50. The Morgan fingerprint density at radius 3 is 2.33 bits per heavy atom. The number of carboxylic acids is 1. The van der Waals surface area contributed by atoms with Crippen molar-refractivity contribution in [2.75, 3.05) is 12.1 Å². The molecule has 0 amide bonds. The van der Waals surface area contributed by atoms with Gasteiger partial charge in [-0.05, 0) is 18.6 Å². The molecule has 0 unspecified atom stereocenters. The van der Waals surface area contributed by atoms with E-state index in [0.717, 1.165) is 16.9 Å². The normalized spacial score (nSPS) is 8.58. The van der Waals surface area contributed by atoms with Gasteiger partial charge in [-0.2, -0.15) is 0 Å². The second-order valence-electron chi connectivity index (χ2n) is 1.97. The first-order valence-corrected chi connectivity index (χ1v) is 4.65. The number of hydrogen-bond donors (Lipinski definition) is 2. The molecule has 3 nitrogen and oxygen atoms in total. The molecule has 1 aromatic heterocycles. The Morgan fingerprint density at radius 1 is 1.67 bits per heavy atom. The number of nitrogens with two attached hydrogens (primary N) is 1. The number of carbonyl (C=O) groups is 1. The van der Waals surface area contributed by atoms with E-state index in [2.05, 4.69) is 11.6 Å². The van der Waals surface area contributed by atoms with Crippen LogP contribution in [0.3, 0.4) is 0 Å². The average molecular weight is 208 g/mol. The predicted octanol–water partition coefficient (Wildman–Crippen LogP) is 2.19. The Hall–Kier alpha value is -0.740. The summed E-state index contributed by atoms with van der Waals surface area (Å²) >= 11 is 5.74. The van der Waals surface area contributed by atoms with Crippen molar-refractivity contribution in [3.05, 3.63) is 16.5 Å². The molecule has 1 rings (SSSR count). The smallest absolute Gasteiger partial charge is 0.346 e. The van der Waals surface area contributed by atoms with Gasteiger partial charge in [-0.1, -0.05) is 0 Å². The molecule has 0 spiro atoms. The zero-order chi connectivity index (χ0) is 9.72. The van der Waals surface area contributed by atoms with Gasteiger partial charge >= 0.3 is 5.97 Å². The van der Waals surface area contributed by atoms with Crippen molar-refractivity contribution >= 4 is 33.9 Å². The van der Waals surface area contributed by atoms with E-state index in [1.165, 1.54) is 6.38 Å². The Morgan fingerprint density at radius 2 is 2.17 bits per heavy atom. The molecule has 0 bridgehead atoms. The quantitative estimate of drug-likeness (QED) is 0.694. The summed E-state index contributed by atoms with van der Waals surface area (Å²) in [6.07, 6.45) is 1.47. The van der Waals surface area contributed by atoms with Crippen LogP contribution in [0.5, 0.6) is 0 Å². The Labute approximate surface area is 79.8 Å². The number of rotatable bonds is 1. The fraction of sp³-hybridized carbons (Fsp3) is 0.286. The monoisotopic (exact) mass is 207 g/mol. The van der Waals surface area contributed by atoms with Crippen LogP contribution in [0, 0.1) is 6.92 Å². The summed E-state index contributed by atoms with van der Waals surface area (Å²) in [6.45, 7) is 1.73. The lowest BCUT2D eigenvalue weighted by atomic mass is 10.3. The standard InChI is InChI=1S/C6H7NO2S.CH3Cl/c1-3-2-4(7)10-5(3)6(8)9;1-2/h2H,7H2,1H3,(H,8,9);1H3. The first-order chi connectivity index (χ1) is 5.61. The van der Waals surface area contributed by atoms with Crippen molar-refractivity contribution in [2.24, 2.45) is 0 Å². The number of halogens is 1. The molecule has 3 N–H and O–H groups in total. The van der Waals surface area contributed by atoms with Crippen LogP contribution in [0.2, 0.25) is 0 Å². The average Bonchev–Trinajstić information content (AvgIpc) is 2.34. The summed E-state index contributed by atoms with van der Waals surface area (Å²) in [5.74, 6) is -0.904. The third-order valence-electron chi connectivity index (χ3n) is 1.13. The second-order valence-corrected chi connectivity index (χ2v) is 3.05. The maximum atomic E-state index is 10.4. The van der Waals surface area contributed by atoms with Crippen LogP contribution in [0.25, 0.3) is 0 Å². The Kier molecular flexibility index (Phi) is 4.70. The SMILES string of the molecule is CCl.Cc1cc(N)sc1C(=O)O. The molecule has 0 aliphatic rings. The van der Waals surface area contributed by atoms with E-state index in [0.29, 0.717) is 9.88 Å². The first kappa shape index (κ1) is 11.3. The highest BCUT2D eigenvalue weighted by Crippen LogP contribution is 2.23. The second kappa shape index (κ2) is 5.00. The molecular formula is C7H10ClNO2S. The number of nitrogen functional groups attached to an aromatic ring is 1. The van der Waals surface area contributed by atoms with Crippen molar-refractivity contribution in [3.63, 3.8) is 0 Å². The Bertz CT molecular complexity index is 272. The van der Waals surface area contributed by atoms with Crippen LogP contribution < -0.4 is 5.73 Å². The van der Waals surface area contributed by atoms with E-state index < -0.39 is 5.97 Å². The highest BCUT2D eigenvalue weighted by Gasteiger charge is 2.09. The summed E-state index contributed by atoms with van der Waals surface area (Å²) < 4.78 is 0. The maximum Gasteiger partial charge on any atom is 0.346 e. The third-order valence-corrected chi connectivity index (χ3v) is 2.19. The van der Waals surface area contributed by atoms with Gasteiger partial charge < -0.3 is 10.8 Å². The van der Waals surface area contributed by atoms with E-state index >= 15 is 0 Å². The predicted molar refractivity (Wildman–Crippen MR) is 52.2 cm³/mol. The summed E-state index contributed by atoms with van der Waals surface area (Å²) in [6, 6.07) is 1.66. The van der Waals surface area contributed by atoms with Crippen LogP contribution in [0.15, 0.2) is 6.07 Å². The molecule has 1 aromatic rings. The molecule has 68 valence electrons. The summed E-state index contributed by atoms with van der Waals surface area (Å²) in [7, 11) is 0. The van der Waals surface area contributed by atoms with Gasteiger partial charge in [-0.3, -0.25) is 0 Å². The minimum Gasteiger partial charge on any atom is -0.477 e. The lowest BCUT2D eigenvalue weighted by Crippen LogP contribution is -1.93. The molecule has 0 saturated heterocycles. The van der Waals surface area contributed by atoms with Crippen LogP contribution in [-0.4, -0.2) is 17.5 Å². The summed E-state index contributed by atoms with van der Waals surface area (Å²) in [4.78, 5) is 10.7. The molecule has 0 aliphatic carbocycles. The van der Waals surface area contributed by atoms with Gasteiger partial charge in [-0.15, -0.1) is 22.9 Å². The van der Waals surface area contributed by atoms with Gasteiger partial charge in [0.05, 0.1) is 5.00 Å². The van der Waals surface area contributed by atoms with Crippen molar-refractivity contribution in [1.29, 1.82) is 0 Å². The summed E-state index contributed by atoms with van der Waals surface area (Å²) in [5.41, 5.74) is 6.10. The van der Waals surface area contributed by atoms with E-state index in [1.807, 2.05) is 0 Å². The number of aromatic carboxylic acids is 1. The molecule has 0 fully saturated rings. The highest BCUT2D eigenvalue weighted by atomic mass is 35.5. The van der Waals surface area contributed by atoms with Gasteiger partial charge in [0.2, 0.25) is 0 Å². The number of alkyl halides is 1. The largest absolute Gasteiger partial charge is 0.477 e. The number of thiophene rings is 1. The summed E-state index contributed by atoms with van der Waals surface area (Å²) in [5, 5.41) is 9.08. The molecule has 0 saturated carbocycles. The van der Waals surface area contributed by atoms with Crippen LogP contribution in [-0.2, 0) is 0 Å². The van der Waals surface area contributed by atoms with Gasteiger partial charge in [0.1, 0.15) is 4.88 Å². The molecule has 5 heteroatoms. The van der Waals surface area contributed by atoms with Gasteiger partial charge in [-0.25, -0.2) is 4.79 Å². The van der Waals surface area contributed by atoms with Crippen LogP contribution in [0.4, 0.5) is 5.00 Å². The van der Waals surface area contributed by atoms with Crippen molar-refractivity contribution in [1.82, 2.24) is 0 Å². The zero-order valence-corrected chi connectivity index (χ0v) is 8.37. The third kappa shape index (κ3) is 2.71. The Balaban J connectivity index is 0.000000561. The molecular weight excluding hydrogens is 198 g/mol. The number of anilines is 1. The van der Waals surface area contributed by atoms with E-state index in [4.69, 9.17) is 10.8 Å². The van der Waals surface area contributed by atoms with Crippen molar-refractivity contribution < 1.29 is 9.90 Å². The van der Waals surface area contributed by atoms with Gasteiger partial charge in [0.15, 0.2) is 0 Å². The van der Waals surface area contributed by atoms with Crippen LogP contribution >= 0.6 is 22.9 Å². The van der Waals surface area contributed by atoms with E-state index in [-0.39, 0.29) is 0 Å².